The van der Waals surface area contributed by atoms with Crippen molar-refractivity contribution in [1.82, 2.24) is 5.32 Å². The van der Waals surface area contributed by atoms with E-state index in [9.17, 15) is 13.2 Å². The second-order valence-electron chi connectivity index (χ2n) is 4.68. The summed E-state index contributed by atoms with van der Waals surface area (Å²) in [5, 5.41) is 3.02. The third-order valence-electron chi connectivity index (χ3n) is 3.36. The summed E-state index contributed by atoms with van der Waals surface area (Å²) in [6.07, 6.45) is 0.245. The smallest absolute Gasteiger partial charge is 0.165 e. The lowest BCUT2D eigenvalue weighted by molar-refractivity contribution is 0.385. The van der Waals surface area contributed by atoms with E-state index in [0.29, 0.717) is 0 Å². The minimum Gasteiger partial charge on any atom is -0.494 e. The number of benzene rings is 2. The minimum absolute atomic E-state index is 0.118. The molecule has 0 aliphatic carbocycles. The van der Waals surface area contributed by atoms with Crippen LogP contribution in [0.15, 0.2) is 36.4 Å². The van der Waals surface area contributed by atoms with Gasteiger partial charge < -0.3 is 10.1 Å². The van der Waals surface area contributed by atoms with Crippen molar-refractivity contribution in [3.8, 4) is 5.75 Å². The van der Waals surface area contributed by atoms with Crippen molar-refractivity contribution in [3.05, 3.63) is 65.0 Å². The largest absolute Gasteiger partial charge is 0.494 e. The summed E-state index contributed by atoms with van der Waals surface area (Å²) in [4.78, 5) is 0. The topological polar surface area (TPSA) is 21.3 Å². The first-order valence-corrected chi connectivity index (χ1v) is 6.49. The van der Waals surface area contributed by atoms with Crippen LogP contribution in [0.2, 0.25) is 0 Å². The normalized spacial score (nSPS) is 12.2. The Morgan fingerprint density at radius 2 is 1.76 bits per heavy atom. The zero-order valence-corrected chi connectivity index (χ0v) is 11.8. The quantitative estimate of drug-likeness (QED) is 0.909. The van der Waals surface area contributed by atoms with Crippen LogP contribution in [0.5, 0.6) is 5.75 Å². The molecule has 0 heterocycles. The molecule has 0 aliphatic rings. The molecule has 0 aliphatic heterocycles. The van der Waals surface area contributed by atoms with Gasteiger partial charge in [0.05, 0.1) is 7.11 Å². The molecular weight excluding hydrogens is 279 g/mol. The van der Waals surface area contributed by atoms with E-state index in [1.54, 1.807) is 19.2 Å². The molecule has 5 heteroatoms. The Hall–Kier alpha value is -2.01. The Bertz CT molecular complexity index is 631. The standard InChI is InChI=1S/C16H16F3NO/c1-20-15(8-11-7-12(17)4-6-13(11)18)10-3-5-14(19)16(9-10)21-2/h3-7,9,15,20H,8H2,1-2H3. The van der Waals surface area contributed by atoms with Gasteiger partial charge in [-0.15, -0.1) is 0 Å². The summed E-state index contributed by atoms with van der Waals surface area (Å²) in [5.74, 6) is -1.30. The van der Waals surface area contributed by atoms with E-state index >= 15 is 0 Å². The van der Waals surface area contributed by atoms with Gasteiger partial charge in [-0.1, -0.05) is 6.07 Å². The minimum atomic E-state index is -0.488. The Kier molecular flexibility index (Phi) is 4.85. The summed E-state index contributed by atoms with van der Waals surface area (Å²) < 4.78 is 45.3. The Morgan fingerprint density at radius 1 is 1.05 bits per heavy atom. The molecule has 0 saturated heterocycles. The highest BCUT2D eigenvalue weighted by Crippen LogP contribution is 2.25. The van der Waals surface area contributed by atoms with Crippen LogP contribution in [0.4, 0.5) is 13.2 Å². The predicted molar refractivity (Wildman–Crippen MR) is 74.8 cm³/mol. The van der Waals surface area contributed by atoms with Gasteiger partial charge >= 0.3 is 0 Å². The van der Waals surface area contributed by atoms with Crippen LogP contribution in [0.25, 0.3) is 0 Å². The van der Waals surface area contributed by atoms with Gasteiger partial charge in [-0.05, 0) is 54.9 Å². The zero-order chi connectivity index (χ0) is 15.4. The van der Waals surface area contributed by atoms with Gasteiger partial charge in [-0.3, -0.25) is 0 Å². The first kappa shape index (κ1) is 15.4. The van der Waals surface area contributed by atoms with Crippen molar-refractivity contribution in [3.63, 3.8) is 0 Å². The van der Waals surface area contributed by atoms with Gasteiger partial charge in [0, 0.05) is 6.04 Å². The first-order valence-electron chi connectivity index (χ1n) is 6.49. The van der Waals surface area contributed by atoms with E-state index in [2.05, 4.69) is 5.32 Å². The second kappa shape index (κ2) is 6.63. The van der Waals surface area contributed by atoms with Gasteiger partial charge in [0.15, 0.2) is 11.6 Å². The number of halogens is 3. The number of ether oxygens (including phenoxy) is 1. The van der Waals surface area contributed by atoms with Crippen molar-refractivity contribution in [1.29, 1.82) is 0 Å². The van der Waals surface area contributed by atoms with Crippen LogP contribution in [0.1, 0.15) is 17.2 Å². The number of hydrogen-bond acceptors (Lipinski definition) is 2. The predicted octanol–water partition coefficient (Wildman–Crippen LogP) is 3.62. The first-order chi connectivity index (χ1) is 10.0. The average Bonchev–Trinajstić information content (AvgIpc) is 2.49. The SMILES string of the molecule is CNC(Cc1cc(F)ccc1F)c1ccc(F)c(OC)c1. The number of hydrogen-bond donors (Lipinski definition) is 1. The van der Waals surface area contributed by atoms with Gasteiger partial charge in [0.25, 0.3) is 0 Å². The molecule has 1 atom stereocenters. The number of nitrogens with one attached hydrogen (secondary N) is 1. The van der Waals surface area contributed by atoms with Crippen LogP contribution in [0.3, 0.4) is 0 Å². The number of rotatable bonds is 5. The van der Waals surface area contributed by atoms with E-state index in [1.165, 1.54) is 19.2 Å². The second-order valence-corrected chi connectivity index (χ2v) is 4.68. The monoisotopic (exact) mass is 295 g/mol. The summed E-state index contributed by atoms with van der Waals surface area (Å²) in [6.45, 7) is 0. The molecule has 0 saturated carbocycles. The van der Waals surface area contributed by atoms with Crippen LogP contribution in [-0.4, -0.2) is 14.2 Å². The molecule has 2 rings (SSSR count). The summed E-state index contributed by atoms with van der Waals surface area (Å²) in [5.41, 5.74) is 0.997. The molecule has 2 aromatic carbocycles. The molecule has 1 unspecified atom stereocenters. The van der Waals surface area contributed by atoms with Crippen molar-refractivity contribution in [2.75, 3.05) is 14.2 Å². The lowest BCUT2D eigenvalue weighted by Gasteiger charge is -2.18. The molecule has 0 amide bonds. The van der Waals surface area contributed by atoms with Gasteiger partial charge in [0.2, 0.25) is 0 Å². The molecule has 0 spiro atoms. The lowest BCUT2D eigenvalue weighted by atomic mass is 9.98. The molecule has 0 fully saturated rings. The van der Waals surface area contributed by atoms with Crippen LogP contribution < -0.4 is 10.1 Å². The van der Waals surface area contributed by atoms with Crippen LogP contribution in [-0.2, 0) is 6.42 Å². The third kappa shape index (κ3) is 3.55. The molecular formula is C16H16F3NO. The van der Waals surface area contributed by atoms with Crippen molar-refractivity contribution in [2.45, 2.75) is 12.5 Å². The van der Waals surface area contributed by atoms with E-state index in [4.69, 9.17) is 4.74 Å². The van der Waals surface area contributed by atoms with E-state index < -0.39 is 17.5 Å². The fraction of sp³-hybridized carbons (Fsp3) is 0.250. The molecule has 0 bridgehead atoms. The number of methoxy groups -OCH3 is 1. The third-order valence-corrected chi connectivity index (χ3v) is 3.36. The summed E-state index contributed by atoms with van der Waals surface area (Å²) in [7, 11) is 3.08. The van der Waals surface area contributed by atoms with Crippen molar-refractivity contribution < 1.29 is 17.9 Å². The van der Waals surface area contributed by atoms with E-state index in [-0.39, 0.29) is 23.8 Å². The van der Waals surface area contributed by atoms with E-state index in [1.807, 2.05) is 0 Å². The number of likely N-dealkylation sites (N-methyl/N-ethyl adjacent to an activating group) is 1. The maximum atomic E-state index is 13.7. The maximum absolute atomic E-state index is 13.7. The highest BCUT2D eigenvalue weighted by Gasteiger charge is 2.15. The molecule has 112 valence electrons. The van der Waals surface area contributed by atoms with E-state index in [0.717, 1.165) is 17.7 Å². The van der Waals surface area contributed by atoms with Crippen molar-refractivity contribution in [2.24, 2.45) is 0 Å². The van der Waals surface area contributed by atoms with Gasteiger partial charge in [0.1, 0.15) is 11.6 Å². The molecule has 21 heavy (non-hydrogen) atoms. The van der Waals surface area contributed by atoms with Crippen LogP contribution in [0, 0.1) is 17.5 Å². The Morgan fingerprint density at radius 3 is 2.43 bits per heavy atom. The Labute approximate surface area is 121 Å². The fourth-order valence-corrected chi connectivity index (χ4v) is 2.20. The lowest BCUT2D eigenvalue weighted by Crippen LogP contribution is -2.19. The highest BCUT2D eigenvalue weighted by atomic mass is 19.1. The van der Waals surface area contributed by atoms with Crippen LogP contribution >= 0.6 is 0 Å². The molecule has 2 nitrogen and oxygen atoms in total. The summed E-state index contributed by atoms with van der Waals surface area (Å²) >= 11 is 0. The average molecular weight is 295 g/mol. The molecule has 2 aromatic rings. The molecule has 0 radical (unpaired) electrons. The summed E-state index contributed by atoms with van der Waals surface area (Å²) in [6, 6.07) is 7.50. The molecule has 1 N–H and O–H groups in total. The highest BCUT2D eigenvalue weighted by molar-refractivity contribution is 5.33. The molecule has 0 aromatic heterocycles. The fourth-order valence-electron chi connectivity index (χ4n) is 2.20. The van der Waals surface area contributed by atoms with Crippen molar-refractivity contribution >= 4 is 0 Å². The van der Waals surface area contributed by atoms with Gasteiger partial charge in [-0.2, -0.15) is 0 Å². The van der Waals surface area contributed by atoms with Gasteiger partial charge in [-0.25, -0.2) is 13.2 Å². The zero-order valence-electron chi connectivity index (χ0n) is 11.8. The maximum Gasteiger partial charge on any atom is 0.165 e. The Balaban J connectivity index is 2.29.